The Morgan fingerprint density at radius 3 is 1.90 bits per heavy atom. The van der Waals surface area contributed by atoms with E-state index < -0.39 is 50.0 Å². The smallest absolute Gasteiger partial charge is 0.311 e. The maximum absolute atomic E-state index is 13.6. The fourth-order valence-electron chi connectivity index (χ4n) is 1.35. The minimum Gasteiger partial charge on any atom is -0.420 e. The highest BCUT2D eigenvalue weighted by atomic mass is 32.2. The summed E-state index contributed by atoms with van der Waals surface area (Å²) >= 11 is 0. The molecule has 1 aromatic carbocycles. The third-order valence-corrected chi connectivity index (χ3v) is 3.62. The van der Waals surface area contributed by atoms with E-state index in [0.29, 0.717) is 7.11 Å². The van der Waals surface area contributed by atoms with Crippen molar-refractivity contribution in [3.8, 4) is 5.75 Å². The third kappa shape index (κ3) is 3.32. The first-order valence-electron chi connectivity index (χ1n) is 5.54. The van der Waals surface area contributed by atoms with Gasteiger partial charge in [-0.2, -0.15) is 17.2 Å². The second kappa shape index (κ2) is 6.39. The van der Waals surface area contributed by atoms with Crippen molar-refractivity contribution in [3.05, 3.63) is 23.3 Å². The molecule has 1 aromatic rings. The Balaban J connectivity index is 3.51. The van der Waals surface area contributed by atoms with E-state index in [2.05, 4.69) is 8.92 Å². The van der Waals surface area contributed by atoms with Gasteiger partial charge in [-0.1, -0.05) is 6.92 Å². The average molecular weight is 330 g/mol. The molecule has 0 aromatic heterocycles. The third-order valence-electron chi connectivity index (χ3n) is 2.32. The summed E-state index contributed by atoms with van der Waals surface area (Å²) in [5.74, 6) is -11.5. The van der Waals surface area contributed by atoms with Gasteiger partial charge in [0.2, 0.25) is 17.4 Å². The molecular weight excluding hydrogens is 320 g/mol. The molecule has 21 heavy (non-hydrogen) atoms. The van der Waals surface area contributed by atoms with Gasteiger partial charge in [0.25, 0.3) is 0 Å². The van der Waals surface area contributed by atoms with Gasteiger partial charge in [-0.15, -0.1) is 0 Å². The molecule has 1 rings (SSSR count). The van der Waals surface area contributed by atoms with E-state index in [0.717, 1.165) is 0 Å². The summed E-state index contributed by atoms with van der Waals surface area (Å²) in [4.78, 5) is 9.20. The summed E-state index contributed by atoms with van der Waals surface area (Å²) in [5.41, 5.74) is 0. The molecule has 0 aliphatic carbocycles. The predicted molar refractivity (Wildman–Crippen MR) is 61.0 cm³/mol. The number of hydrogen-bond acceptors (Lipinski definition) is 5. The van der Waals surface area contributed by atoms with Crippen LogP contribution in [0, 0.1) is 23.3 Å². The van der Waals surface area contributed by atoms with Gasteiger partial charge in [0, 0.05) is 6.42 Å². The minimum atomic E-state index is -5.03. The van der Waals surface area contributed by atoms with Crippen LogP contribution in [0.2, 0.25) is 0 Å². The molecule has 0 aliphatic rings. The fourth-order valence-corrected chi connectivity index (χ4v) is 2.14. The maximum Gasteiger partial charge on any atom is 0.311 e. The molecule has 0 saturated heterocycles. The SMILES string of the molecule is CCCC(=O)Oc1c(F)c(F)c(S(=O)(=O)OC)c(F)c1F. The lowest BCUT2D eigenvalue weighted by Crippen LogP contribution is -2.16. The Labute approximate surface area is 117 Å². The lowest BCUT2D eigenvalue weighted by molar-refractivity contribution is -0.134. The van der Waals surface area contributed by atoms with Gasteiger partial charge in [-0.05, 0) is 6.42 Å². The second-order valence-electron chi connectivity index (χ2n) is 3.76. The van der Waals surface area contributed by atoms with Crippen molar-refractivity contribution in [2.24, 2.45) is 0 Å². The van der Waals surface area contributed by atoms with Gasteiger partial charge in [-0.3, -0.25) is 8.98 Å². The maximum atomic E-state index is 13.6. The Bertz CT molecular complexity index is 643. The number of halogens is 4. The molecule has 118 valence electrons. The van der Waals surface area contributed by atoms with Gasteiger partial charge in [0.1, 0.15) is 0 Å². The molecule has 0 bridgehead atoms. The zero-order chi connectivity index (χ0) is 16.4. The number of hydrogen-bond donors (Lipinski definition) is 0. The molecule has 0 atom stereocenters. The van der Waals surface area contributed by atoms with E-state index in [9.17, 15) is 30.8 Å². The molecule has 0 radical (unpaired) electrons. The lowest BCUT2D eigenvalue weighted by Gasteiger charge is -2.11. The number of benzene rings is 1. The van der Waals surface area contributed by atoms with Crippen molar-refractivity contribution in [2.45, 2.75) is 24.7 Å². The Morgan fingerprint density at radius 1 is 1.05 bits per heavy atom. The molecule has 0 unspecified atom stereocenters. The van der Waals surface area contributed by atoms with E-state index in [1.165, 1.54) is 0 Å². The number of carbonyl (C=O) groups excluding carboxylic acids is 1. The zero-order valence-corrected chi connectivity index (χ0v) is 11.7. The standard InChI is InChI=1S/C11H10F4O5S/c1-3-4-5(16)20-10-6(12)8(14)11(9(15)7(10)13)21(17,18)19-2/h3-4H2,1-2H3. The monoisotopic (exact) mass is 330 g/mol. The second-order valence-corrected chi connectivity index (χ2v) is 5.41. The molecular formula is C11H10F4O5S. The summed E-state index contributed by atoms with van der Waals surface area (Å²) in [5, 5.41) is 0. The summed E-state index contributed by atoms with van der Waals surface area (Å²) < 4.78 is 84.8. The van der Waals surface area contributed by atoms with Crippen LogP contribution < -0.4 is 4.74 Å². The van der Waals surface area contributed by atoms with E-state index in [4.69, 9.17) is 0 Å². The molecule has 0 spiro atoms. The van der Waals surface area contributed by atoms with Crippen LogP contribution in [0.5, 0.6) is 5.75 Å². The highest BCUT2D eigenvalue weighted by Gasteiger charge is 2.34. The van der Waals surface area contributed by atoms with Crippen LogP contribution in [0.15, 0.2) is 4.90 Å². The van der Waals surface area contributed by atoms with Crippen LogP contribution in [0.3, 0.4) is 0 Å². The molecule has 5 nitrogen and oxygen atoms in total. The number of esters is 1. The van der Waals surface area contributed by atoms with E-state index in [1.54, 1.807) is 6.92 Å². The number of ether oxygens (including phenoxy) is 1. The van der Waals surface area contributed by atoms with Crippen molar-refractivity contribution in [1.29, 1.82) is 0 Å². The molecule has 0 heterocycles. The van der Waals surface area contributed by atoms with Gasteiger partial charge in [-0.25, -0.2) is 8.78 Å². The average Bonchev–Trinajstić information content (AvgIpc) is 2.41. The van der Waals surface area contributed by atoms with E-state index >= 15 is 0 Å². The van der Waals surface area contributed by atoms with Crippen LogP contribution in [0.4, 0.5) is 17.6 Å². The van der Waals surface area contributed by atoms with Gasteiger partial charge in [0.05, 0.1) is 7.11 Å². The molecule has 0 amide bonds. The molecule has 0 aliphatic heterocycles. The first-order chi connectivity index (χ1) is 9.67. The Hall–Kier alpha value is -1.68. The van der Waals surface area contributed by atoms with Gasteiger partial charge >= 0.3 is 16.1 Å². The van der Waals surface area contributed by atoms with E-state index in [1.807, 2.05) is 0 Å². The van der Waals surface area contributed by atoms with Crippen molar-refractivity contribution < 1.29 is 39.7 Å². The largest absolute Gasteiger partial charge is 0.420 e. The summed E-state index contributed by atoms with van der Waals surface area (Å²) in [6.45, 7) is 1.56. The Morgan fingerprint density at radius 2 is 1.52 bits per heavy atom. The molecule has 0 N–H and O–H groups in total. The number of rotatable bonds is 5. The van der Waals surface area contributed by atoms with Crippen LogP contribution >= 0.6 is 0 Å². The summed E-state index contributed by atoms with van der Waals surface area (Å²) in [7, 11) is -4.48. The highest BCUT2D eigenvalue weighted by molar-refractivity contribution is 7.86. The van der Waals surface area contributed by atoms with Crippen molar-refractivity contribution >= 4 is 16.1 Å². The molecule has 0 fully saturated rings. The van der Waals surface area contributed by atoms with Crippen LogP contribution in [-0.2, 0) is 19.1 Å². The van der Waals surface area contributed by atoms with Crippen LogP contribution in [-0.4, -0.2) is 21.5 Å². The lowest BCUT2D eigenvalue weighted by atomic mass is 10.3. The van der Waals surface area contributed by atoms with E-state index in [-0.39, 0.29) is 12.8 Å². The fraction of sp³-hybridized carbons (Fsp3) is 0.364. The summed E-state index contributed by atoms with van der Waals surface area (Å²) in [6.07, 6.45) is 0.0173. The normalized spacial score (nSPS) is 11.5. The predicted octanol–water partition coefficient (Wildman–Crippen LogP) is 2.28. The molecule has 10 heteroatoms. The topological polar surface area (TPSA) is 69.7 Å². The summed E-state index contributed by atoms with van der Waals surface area (Å²) in [6, 6.07) is 0. The number of carbonyl (C=O) groups is 1. The van der Waals surface area contributed by atoms with Gasteiger partial charge in [0.15, 0.2) is 16.5 Å². The minimum absolute atomic E-state index is 0.250. The first kappa shape index (κ1) is 17.4. The van der Waals surface area contributed by atoms with Crippen LogP contribution in [0.25, 0.3) is 0 Å². The van der Waals surface area contributed by atoms with Crippen LogP contribution in [0.1, 0.15) is 19.8 Å². The first-order valence-corrected chi connectivity index (χ1v) is 6.95. The zero-order valence-electron chi connectivity index (χ0n) is 10.9. The van der Waals surface area contributed by atoms with Crippen molar-refractivity contribution in [1.82, 2.24) is 0 Å². The quantitative estimate of drug-likeness (QED) is 0.272. The van der Waals surface area contributed by atoms with Crippen molar-refractivity contribution in [3.63, 3.8) is 0 Å². The molecule has 0 saturated carbocycles. The van der Waals surface area contributed by atoms with Gasteiger partial charge < -0.3 is 4.74 Å². The Kier molecular flexibility index (Phi) is 5.29. The van der Waals surface area contributed by atoms with Crippen molar-refractivity contribution in [2.75, 3.05) is 7.11 Å². The highest BCUT2D eigenvalue weighted by Crippen LogP contribution is 2.33.